The minimum absolute atomic E-state index is 0. The fraction of sp³-hybridized carbons (Fsp3) is 0.793. The van der Waals surface area contributed by atoms with Crippen LogP contribution >= 0.6 is 7.82 Å². The average molecular weight is 549 g/mol. The molecule has 0 aliphatic carbocycles. The first-order valence-corrected chi connectivity index (χ1v) is 15.3. The van der Waals surface area contributed by atoms with E-state index in [-0.39, 0.29) is 62.7 Å². The monoisotopic (exact) mass is 548 g/mol. The van der Waals surface area contributed by atoms with Crippen LogP contribution in [0.1, 0.15) is 121 Å². The summed E-state index contributed by atoms with van der Waals surface area (Å²) in [6.45, 7) is 17.2. The molecule has 2 rings (SSSR count). The summed E-state index contributed by atoms with van der Waals surface area (Å²) >= 11 is 0. The zero-order valence-electron chi connectivity index (χ0n) is 24.5. The third-order valence-electron chi connectivity index (χ3n) is 8.04. The predicted octanol–water partition coefficient (Wildman–Crippen LogP) is 4.98. The number of phosphoric acid groups is 1. The SMILES string of the molecule is Cc1c(C)c2c(c(C)c1OP(=O)([O-])O)CCC(C)(CCCC(C)CCCC(C)CCCC(C)C)O2.[K+]. The molecule has 1 aliphatic rings. The van der Waals surface area contributed by atoms with Gasteiger partial charge in [-0.3, -0.25) is 4.57 Å². The fourth-order valence-electron chi connectivity index (χ4n) is 5.51. The zero-order valence-corrected chi connectivity index (χ0v) is 28.6. The van der Waals surface area contributed by atoms with E-state index in [0.29, 0.717) is 5.56 Å². The van der Waals surface area contributed by atoms with E-state index in [4.69, 9.17) is 9.26 Å². The standard InChI is InChI=1S/C29H51O5P.K/c1-20(2)12-9-13-21(3)14-10-15-22(4)16-11-18-29(8)19-17-26-25(7)27(34-35(30,31)32)23(5)24(6)28(26)33-29;/h20-22H,9-19H2,1-8H3,(H2,30,31,32);/q;+1/p-1. The van der Waals surface area contributed by atoms with Crippen molar-refractivity contribution in [2.45, 2.75) is 132 Å². The number of hydrogen-bond acceptors (Lipinski definition) is 4. The smallest absolute Gasteiger partial charge is 0.746 e. The van der Waals surface area contributed by atoms with Crippen LogP contribution in [0.2, 0.25) is 0 Å². The Balaban J connectivity index is 0.00000648. The molecule has 0 spiro atoms. The quantitative estimate of drug-likeness (QED) is 0.262. The van der Waals surface area contributed by atoms with Crippen molar-refractivity contribution in [1.29, 1.82) is 0 Å². The van der Waals surface area contributed by atoms with Crippen LogP contribution in [-0.2, 0) is 11.0 Å². The second-order valence-corrected chi connectivity index (χ2v) is 13.1. The average Bonchev–Trinajstić information content (AvgIpc) is 2.74. The number of hydrogen-bond donors (Lipinski definition) is 1. The number of rotatable bonds is 14. The molecule has 4 atom stereocenters. The molecule has 0 amide bonds. The Kier molecular flexibility index (Phi) is 14.8. The number of ether oxygens (including phenoxy) is 1. The molecule has 1 aromatic rings. The Bertz CT molecular complexity index is 881. The molecule has 0 saturated carbocycles. The van der Waals surface area contributed by atoms with Gasteiger partial charge in [0, 0.05) is 5.56 Å². The maximum absolute atomic E-state index is 11.4. The predicted molar refractivity (Wildman–Crippen MR) is 143 cm³/mol. The van der Waals surface area contributed by atoms with Crippen molar-refractivity contribution in [2.75, 3.05) is 0 Å². The van der Waals surface area contributed by atoms with E-state index in [1.165, 1.54) is 44.9 Å². The van der Waals surface area contributed by atoms with Crippen molar-refractivity contribution in [3.8, 4) is 11.5 Å². The third-order valence-corrected chi connectivity index (χ3v) is 8.46. The molecular weight excluding hydrogens is 498 g/mol. The van der Waals surface area contributed by atoms with Crippen LogP contribution in [0, 0.1) is 38.5 Å². The van der Waals surface area contributed by atoms with Crippen molar-refractivity contribution < 1.29 is 75.0 Å². The van der Waals surface area contributed by atoms with E-state index >= 15 is 0 Å². The second-order valence-electron chi connectivity index (χ2n) is 12.0. The van der Waals surface area contributed by atoms with Crippen LogP contribution in [0.15, 0.2) is 0 Å². The van der Waals surface area contributed by atoms with Crippen LogP contribution in [-0.4, -0.2) is 10.5 Å². The molecular formula is C29H50KO5P. The van der Waals surface area contributed by atoms with E-state index in [1.807, 2.05) is 20.8 Å². The topological polar surface area (TPSA) is 78.8 Å². The summed E-state index contributed by atoms with van der Waals surface area (Å²) in [4.78, 5) is 20.6. The molecule has 0 radical (unpaired) electrons. The van der Waals surface area contributed by atoms with Crippen molar-refractivity contribution in [3.05, 3.63) is 22.3 Å². The first-order valence-electron chi connectivity index (χ1n) is 13.8. The molecule has 202 valence electrons. The first-order chi connectivity index (χ1) is 16.2. The zero-order chi connectivity index (χ0) is 26.4. The van der Waals surface area contributed by atoms with E-state index < -0.39 is 7.82 Å². The summed E-state index contributed by atoms with van der Waals surface area (Å²) in [6, 6.07) is 0. The Morgan fingerprint density at radius 3 is 2.00 bits per heavy atom. The van der Waals surface area contributed by atoms with E-state index in [0.717, 1.165) is 65.9 Å². The molecule has 1 N–H and O–H groups in total. The summed E-state index contributed by atoms with van der Waals surface area (Å²) in [5, 5.41) is 0. The Hall–Kier alpha value is 0.606. The molecule has 0 saturated heterocycles. The maximum atomic E-state index is 11.4. The van der Waals surface area contributed by atoms with Gasteiger partial charge in [0.05, 0.1) is 0 Å². The van der Waals surface area contributed by atoms with Gasteiger partial charge in [-0.05, 0) is 87.8 Å². The fourth-order valence-corrected chi connectivity index (χ4v) is 6.02. The van der Waals surface area contributed by atoms with Crippen molar-refractivity contribution in [2.24, 2.45) is 17.8 Å². The molecule has 36 heavy (non-hydrogen) atoms. The van der Waals surface area contributed by atoms with Crippen molar-refractivity contribution >= 4 is 7.82 Å². The van der Waals surface area contributed by atoms with Gasteiger partial charge in [-0.15, -0.1) is 0 Å². The van der Waals surface area contributed by atoms with Gasteiger partial charge in [0.1, 0.15) is 17.1 Å². The molecule has 0 bridgehead atoms. The summed E-state index contributed by atoms with van der Waals surface area (Å²) in [7, 11) is -4.86. The van der Waals surface area contributed by atoms with Gasteiger partial charge in [0.15, 0.2) is 0 Å². The van der Waals surface area contributed by atoms with Gasteiger partial charge in [-0.2, -0.15) is 0 Å². The number of fused-ring (bicyclic) bond motifs is 1. The molecule has 5 nitrogen and oxygen atoms in total. The Morgan fingerprint density at radius 2 is 1.47 bits per heavy atom. The van der Waals surface area contributed by atoms with Gasteiger partial charge in [-0.1, -0.05) is 72.6 Å². The van der Waals surface area contributed by atoms with Crippen LogP contribution < -0.4 is 65.5 Å². The minimum Gasteiger partial charge on any atom is -0.746 e. The van der Waals surface area contributed by atoms with Gasteiger partial charge in [0.25, 0.3) is 0 Å². The molecule has 0 fully saturated rings. The van der Waals surface area contributed by atoms with Crippen LogP contribution in [0.5, 0.6) is 11.5 Å². The maximum Gasteiger partial charge on any atom is 1.00 e. The largest absolute Gasteiger partial charge is 1.00 e. The van der Waals surface area contributed by atoms with E-state index in [2.05, 4.69) is 34.6 Å². The normalized spacial score (nSPS) is 20.6. The van der Waals surface area contributed by atoms with Crippen LogP contribution in [0.4, 0.5) is 0 Å². The summed E-state index contributed by atoms with van der Waals surface area (Å²) in [5.74, 6) is 3.50. The van der Waals surface area contributed by atoms with E-state index in [9.17, 15) is 14.4 Å². The molecule has 4 unspecified atom stereocenters. The van der Waals surface area contributed by atoms with Gasteiger partial charge >= 0.3 is 59.2 Å². The van der Waals surface area contributed by atoms with Crippen molar-refractivity contribution in [1.82, 2.24) is 0 Å². The van der Waals surface area contributed by atoms with Crippen LogP contribution in [0.25, 0.3) is 0 Å². The molecule has 1 heterocycles. The van der Waals surface area contributed by atoms with E-state index in [1.54, 1.807) is 0 Å². The van der Waals surface area contributed by atoms with Gasteiger partial charge in [-0.25, -0.2) is 0 Å². The minimum atomic E-state index is -4.86. The first kappa shape index (κ1) is 34.6. The Morgan fingerprint density at radius 1 is 0.944 bits per heavy atom. The molecule has 7 heteroatoms. The number of benzene rings is 1. The summed E-state index contributed by atoms with van der Waals surface area (Å²) in [6.07, 6.45) is 13.2. The molecule has 1 aromatic carbocycles. The summed E-state index contributed by atoms with van der Waals surface area (Å²) < 4.78 is 22.9. The second kappa shape index (κ2) is 15.4. The third kappa shape index (κ3) is 11.0. The Labute approximate surface area is 263 Å². The van der Waals surface area contributed by atoms with Crippen molar-refractivity contribution in [3.63, 3.8) is 0 Å². The van der Waals surface area contributed by atoms with Gasteiger partial charge in [0.2, 0.25) is 0 Å². The van der Waals surface area contributed by atoms with Crippen LogP contribution in [0.3, 0.4) is 0 Å². The summed E-state index contributed by atoms with van der Waals surface area (Å²) in [5.41, 5.74) is 3.10. The number of phosphoric ester groups is 1. The molecule has 0 aromatic heterocycles. The molecule has 1 aliphatic heterocycles. The van der Waals surface area contributed by atoms with Gasteiger partial charge < -0.3 is 19.0 Å².